The fraction of sp³-hybridized carbons (Fsp3) is 0.615. The molecular formula is C13H22N4O2. The summed E-state index contributed by atoms with van der Waals surface area (Å²) in [4.78, 5) is 19.9. The predicted octanol–water partition coefficient (Wildman–Crippen LogP) is 1.45. The first kappa shape index (κ1) is 15.4. The van der Waals surface area contributed by atoms with E-state index < -0.39 is 0 Å². The van der Waals surface area contributed by atoms with Gasteiger partial charge in [0.05, 0.1) is 12.4 Å². The van der Waals surface area contributed by atoms with Gasteiger partial charge in [-0.15, -0.1) is 0 Å². The molecule has 1 rings (SSSR count). The molecule has 1 heterocycles. The molecule has 0 aliphatic heterocycles. The zero-order valence-electron chi connectivity index (χ0n) is 11.6. The van der Waals surface area contributed by atoms with Crippen molar-refractivity contribution in [3.63, 3.8) is 0 Å². The van der Waals surface area contributed by atoms with Crippen molar-refractivity contribution in [1.29, 1.82) is 0 Å². The lowest BCUT2D eigenvalue weighted by molar-refractivity contribution is 0.0948. The van der Waals surface area contributed by atoms with Crippen LogP contribution >= 0.6 is 0 Å². The van der Waals surface area contributed by atoms with Gasteiger partial charge in [-0.05, 0) is 12.8 Å². The van der Waals surface area contributed by atoms with Crippen LogP contribution in [0.15, 0.2) is 12.4 Å². The van der Waals surface area contributed by atoms with Gasteiger partial charge in [-0.25, -0.2) is 9.97 Å². The van der Waals surface area contributed by atoms with Gasteiger partial charge in [0.2, 0.25) is 0 Å². The second-order valence-electron chi connectivity index (χ2n) is 4.17. The third-order valence-corrected chi connectivity index (χ3v) is 2.53. The minimum Gasteiger partial charge on any atom is -0.385 e. The molecule has 6 nitrogen and oxygen atoms in total. The topological polar surface area (TPSA) is 76.1 Å². The average molecular weight is 266 g/mol. The molecule has 0 aliphatic rings. The van der Waals surface area contributed by atoms with Gasteiger partial charge in [0.25, 0.3) is 5.91 Å². The molecule has 0 atom stereocenters. The lowest BCUT2D eigenvalue weighted by atomic mass is 10.3. The number of carbonyl (C=O) groups excluding carboxylic acids is 1. The van der Waals surface area contributed by atoms with Crippen LogP contribution in [0.25, 0.3) is 0 Å². The van der Waals surface area contributed by atoms with Crippen LogP contribution in [0.5, 0.6) is 0 Å². The fourth-order valence-corrected chi connectivity index (χ4v) is 1.44. The maximum Gasteiger partial charge on any atom is 0.271 e. The van der Waals surface area contributed by atoms with Gasteiger partial charge >= 0.3 is 0 Å². The summed E-state index contributed by atoms with van der Waals surface area (Å²) in [5, 5.41) is 5.91. The van der Waals surface area contributed by atoms with Crippen LogP contribution in [0, 0.1) is 0 Å². The molecule has 1 aromatic heterocycles. The highest BCUT2D eigenvalue weighted by Gasteiger charge is 2.06. The van der Waals surface area contributed by atoms with E-state index in [0.717, 1.165) is 25.8 Å². The zero-order chi connectivity index (χ0) is 13.9. The Morgan fingerprint density at radius 2 is 2.11 bits per heavy atom. The van der Waals surface area contributed by atoms with E-state index >= 15 is 0 Å². The van der Waals surface area contributed by atoms with Crippen molar-refractivity contribution >= 4 is 11.7 Å². The standard InChI is InChI=1S/C13H22N4O2/c1-3-4-6-15-13(18)11-9-17-12(10-16-11)14-7-5-8-19-2/h9-10H,3-8H2,1-2H3,(H,14,17)(H,15,18). The highest BCUT2D eigenvalue weighted by Crippen LogP contribution is 2.01. The van der Waals surface area contributed by atoms with Gasteiger partial charge in [0.1, 0.15) is 11.5 Å². The molecule has 0 bridgehead atoms. The normalized spacial score (nSPS) is 10.2. The number of aromatic nitrogens is 2. The smallest absolute Gasteiger partial charge is 0.271 e. The molecule has 106 valence electrons. The van der Waals surface area contributed by atoms with Gasteiger partial charge in [-0.2, -0.15) is 0 Å². The number of nitrogens with zero attached hydrogens (tertiary/aromatic N) is 2. The van der Waals surface area contributed by atoms with Crippen molar-refractivity contribution in [3.05, 3.63) is 18.1 Å². The number of unbranched alkanes of at least 4 members (excludes halogenated alkanes) is 1. The fourth-order valence-electron chi connectivity index (χ4n) is 1.44. The van der Waals surface area contributed by atoms with Crippen molar-refractivity contribution in [2.45, 2.75) is 26.2 Å². The number of ether oxygens (including phenoxy) is 1. The minimum atomic E-state index is -0.174. The number of carbonyl (C=O) groups is 1. The molecule has 1 aromatic rings. The van der Waals surface area contributed by atoms with Crippen molar-refractivity contribution in [2.24, 2.45) is 0 Å². The summed E-state index contributed by atoms with van der Waals surface area (Å²) < 4.78 is 4.95. The van der Waals surface area contributed by atoms with Crippen LogP contribution in [-0.4, -0.2) is 42.7 Å². The number of amides is 1. The molecule has 0 radical (unpaired) electrons. The molecule has 0 saturated heterocycles. The van der Waals surface area contributed by atoms with E-state index in [1.807, 2.05) is 0 Å². The van der Waals surface area contributed by atoms with Gasteiger partial charge in [0, 0.05) is 26.8 Å². The molecule has 1 amide bonds. The number of hydrogen-bond donors (Lipinski definition) is 2. The summed E-state index contributed by atoms with van der Waals surface area (Å²) >= 11 is 0. The molecule has 0 aliphatic carbocycles. The van der Waals surface area contributed by atoms with Gasteiger partial charge in [-0.1, -0.05) is 13.3 Å². The van der Waals surface area contributed by atoms with Crippen LogP contribution in [0.4, 0.5) is 5.82 Å². The van der Waals surface area contributed by atoms with Crippen LogP contribution in [-0.2, 0) is 4.74 Å². The van der Waals surface area contributed by atoms with Crippen LogP contribution in [0.3, 0.4) is 0 Å². The van der Waals surface area contributed by atoms with E-state index in [1.54, 1.807) is 13.3 Å². The first-order valence-corrected chi connectivity index (χ1v) is 6.61. The average Bonchev–Trinajstić information content (AvgIpc) is 2.44. The Labute approximate surface area is 114 Å². The zero-order valence-corrected chi connectivity index (χ0v) is 11.6. The summed E-state index contributed by atoms with van der Waals surface area (Å²) in [6, 6.07) is 0. The molecule has 0 spiro atoms. The van der Waals surface area contributed by atoms with Crippen LogP contribution < -0.4 is 10.6 Å². The third-order valence-electron chi connectivity index (χ3n) is 2.53. The Morgan fingerprint density at radius 3 is 2.74 bits per heavy atom. The highest BCUT2D eigenvalue weighted by molar-refractivity contribution is 5.91. The summed E-state index contributed by atoms with van der Waals surface area (Å²) in [5.41, 5.74) is 0.346. The molecule has 0 fully saturated rings. The first-order valence-electron chi connectivity index (χ1n) is 6.61. The predicted molar refractivity (Wildman–Crippen MR) is 74.3 cm³/mol. The number of hydrogen-bond acceptors (Lipinski definition) is 5. The molecular weight excluding hydrogens is 244 g/mol. The Hall–Kier alpha value is -1.69. The number of nitrogens with one attached hydrogen (secondary N) is 2. The largest absolute Gasteiger partial charge is 0.385 e. The van der Waals surface area contributed by atoms with E-state index in [-0.39, 0.29) is 5.91 Å². The Kier molecular flexibility index (Phi) is 7.50. The van der Waals surface area contributed by atoms with E-state index in [9.17, 15) is 4.79 Å². The minimum absolute atomic E-state index is 0.174. The quantitative estimate of drug-likeness (QED) is 0.662. The maximum atomic E-state index is 11.7. The van der Waals surface area contributed by atoms with Crippen LogP contribution in [0.1, 0.15) is 36.7 Å². The number of methoxy groups -OCH3 is 1. The van der Waals surface area contributed by atoms with Gasteiger partial charge in [0.15, 0.2) is 0 Å². The van der Waals surface area contributed by atoms with Gasteiger partial charge < -0.3 is 15.4 Å². The number of anilines is 1. The molecule has 19 heavy (non-hydrogen) atoms. The van der Waals surface area contributed by atoms with Crippen molar-refractivity contribution < 1.29 is 9.53 Å². The Morgan fingerprint density at radius 1 is 1.26 bits per heavy atom. The van der Waals surface area contributed by atoms with Crippen LogP contribution in [0.2, 0.25) is 0 Å². The lowest BCUT2D eigenvalue weighted by Gasteiger charge is -2.06. The Balaban J connectivity index is 2.36. The highest BCUT2D eigenvalue weighted by atomic mass is 16.5. The maximum absolute atomic E-state index is 11.7. The van der Waals surface area contributed by atoms with Crippen molar-refractivity contribution in [1.82, 2.24) is 15.3 Å². The summed E-state index contributed by atoms with van der Waals surface area (Å²) in [6.45, 7) is 4.23. The molecule has 2 N–H and O–H groups in total. The van der Waals surface area contributed by atoms with E-state index in [4.69, 9.17) is 4.74 Å². The van der Waals surface area contributed by atoms with E-state index in [2.05, 4.69) is 27.5 Å². The third kappa shape index (κ3) is 6.15. The molecule has 0 aromatic carbocycles. The van der Waals surface area contributed by atoms with E-state index in [1.165, 1.54) is 6.20 Å². The lowest BCUT2D eigenvalue weighted by Crippen LogP contribution is -2.25. The monoisotopic (exact) mass is 266 g/mol. The van der Waals surface area contributed by atoms with E-state index in [0.29, 0.717) is 24.7 Å². The van der Waals surface area contributed by atoms with Crippen molar-refractivity contribution in [2.75, 3.05) is 32.1 Å². The second-order valence-corrected chi connectivity index (χ2v) is 4.17. The second kappa shape index (κ2) is 9.27. The molecule has 0 saturated carbocycles. The molecule has 0 unspecified atom stereocenters. The summed E-state index contributed by atoms with van der Waals surface area (Å²) in [7, 11) is 1.67. The summed E-state index contributed by atoms with van der Waals surface area (Å²) in [5.74, 6) is 0.494. The Bertz CT molecular complexity index is 367. The SMILES string of the molecule is CCCCNC(=O)c1cnc(NCCCOC)cn1. The first-order chi connectivity index (χ1) is 9.27. The molecule has 6 heteroatoms. The summed E-state index contributed by atoms with van der Waals surface area (Å²) in [6.07, 6.45) is 5.98. The van der Waals surface area contributed by atoms with Gasteiger partial charge in [-0.3, -0.25) is 4.79 Å². The number of rotatable bonds is 9. The van der Waals surface area contributed by atoms with Crippen molar-refractivity contribution in [3.8, 4) is 0 Å².